The quantitative estimate of drug-likeness (QED) is 0.372. The van der Waals surface area contributed by atoms with Crippen molar-refractivity contribution in [2.45, 2.75) is 46.5 Å². The summed E-state index contributed by atoms with van der Waals surface area (Å²) in [5.41, 5.74) is 6.02. The molecule has 1 aliphatic heterocycles. The molecule has 8 heteroatoms. The third kappa shape index (κ3) is 4.70. The van der Waals surface area contributed by atoms with Crippen molar-refractivity contribution in [3.05, 3.63) is 58.7 Å². The average Bonchev–Trinajstić information content (AvgIpc) is 2.68. The van der Waals surface area contributed by atoms with Crippen LogP contribution in [0.2, 0.25) is 0 Å². The van der Waals surface area contributed by atoms with Crippen LogP contribution in [-0.4, -0.2) is 40.0 Å². The summed E-state index contributed by atoms with van der Waals surface area (Å²) in [6, 6.07) is 13.9. The summed E-state index contributed by atoms with van der Waals surface area (Å²) >= 11 is 0. The lowest BCUT2D eigenvalue weighted by Crippen LogP contribution is -2.23. The molecule has 0 aromatic heterocycles. The van der Waals surface area contributed by atoms with E-state index in [4.69, 9.17) is 16.5 Å². The Bertz CT molecular complexity index is 1020. The monoisotopic (exact) mass is 472 g/mol. The van der Waals surface area contributed by atoms with Crippen LogP contribution in [0.15, 0.2) is 36.4 Å². The molecular weight excluding hydrogens is 441 g/mol. The fourth-order valence-electron chi connectivity index (χ4n) is 4.95. The molecule has 1 heterocycles. The van der Waals surface area contributed by atoms with E-state index >= 15 is 0 Å². The predicted octanol–water partition coefficient (Wildman–Crippen LogP) is 2.36. The summed E-state index contributed by atoms with van der Waals surface area (Å²) in [4.78, 5) is 0. The van der Waals surface area contributed by atoms with Gasteiger partial charge in [0.05, 0.1) is 0 Å². The van der Waals surface area contributed by atoms with Gasteiger partial charge in [0.15, 0.2) is 0 Å². The second-order valence-electron chi connectivity index (χ2n) is 8.65. The molecule has 0 spiro atoms. The van der Waals surface area contributed by atoms with Crippen LogP contribution in [0.4, 0.5) is 0 Å². The van der Waals surface area contributed by atoms with Gasteiger partial charge < -0.3 is 16.5 Å². The zero-order valence-electron chi connectivity index (χ0n) is 18.5. The SMILES string of the molecule is Cc1cccc2c1cc(C)c1c3c(ccc12)C(C)CC(C)C3.O1[SiH2]O[SiH2]O[SiH2]O[SiH2]1. The van der Waals surface area contributed by atoms with Crippen LogP contribution in [0.3, 0.4) is 0 Å². The minimum Gasteiger partial charge on any atom is -0.425 e. The van der Waals surface area contributed by atoms with Crippen molar-refractivity contribution in [3.8, 4) is 0 Å². The zero-order chi connectivity index (χ0) is 21.1. The van der Waals surface area contributed by atoms with Gasteiger partial charge in [0.1, 0.15) is 0 Å². The summed E-state index contributed by atoms with van der Waals surface area (Å²) in [6.45, 7) is 9.30. The molecule has 3 aromatic rings. The highest BCUT2D eigenvalue weighted by Gasteiger charge is 2.24. The van der Waals surface area contributed by atoms with Crippen LogP contribution < -0.4 is 0 Å². The van der Waals surface area contributed by atoms with E-state index in [2.05, 4.69) is 64.1 Å². The maximum atomic E-state index is 5.10. The Morgan fingerprint density at radius 3 is 2.10 bits per heavy atom. The van der Waals surface area contributed by atoms with E-state index in [1.165, 1.54) is 45.5 Å². The molecule has 1 aliphatic carbocycles. The Morgan fingerprint density at radius 1 is 0.767 bits per heavy atom. The van der Waals surface area contributed by atoms with Crippen LogP contribution in [0.1, 0.15) is 48.4 Å². The van der Waals surface area contributed by atoms with Crippen LogP contribution in [0.5, 0.6) is 0 Å². The highest BCUT2D eigenvalue weighted by atomic mass is 28.4. The lowest BCUT2D eigenvalue weighted by atomic mass is 9.75. The summed E-state index contributed by atoms with van der Waals surface area (Å²) in [6.07, 6.45) is 2.55. The summed E-state index contributed by atoms with van der Waals surface area (Å²) in [7, 11) is -2.61. The summed E-state index contributed by atoms with van der Waals surface area (Å²) in [5.74, 6) is 1.48. The molecule has 1 fully saturated rings. The van der Waals surface area contributed by atoms with E-state index in [9.17, 15) is 0 Å². The highest BCUT2D eigenvalue weighted by molar-refractivity contribution is 6.50. The third-order valence-electron chi connectivity index (χ3n) is 6.22. The third-order valence-corrected chi connectivity index (χ3v) is 11.6. The van der Waals surface area contributed by atoms with Crippen molar-refractivity contribution in [1.29, 1.82) is 0 Å². The van der Waals surface area contributed by atoms with Crippen LogP contribution in [0, 0.1) is 19.8 Å². The summed E-state index contributed by atoms with van der Waals surface area (Å²) in [5, 5.41) is 5.78. The molecule has 1 saturated heterocycles. The van der Waals surface area contributed by atoms with Gasteiger partial charge >= 0.3 is 0 Å². The minimum absolute atomic E-state index is 0.653. The number of benzene rings is 3. The van der Waals surface area contributed by atoms with E-state index in [1.54, 1.807) is 11.1 Å². The van der Waals surface area contributed by atoms with E-state index in [0.717, 1.165) is 5.92 Å². The molecular formula is C22H32O4Si4. The number of aryl methyl sites for hydroxylation is 2. The molecule has 5 rings (SSSR count). The molecule has 0 bridgehead atoms. The molecule has 2 aliphatic rings. The second-order valence-corrected chi connectivity index (χ2v) is 16.1. The molecule has 0 saturated carbocycles. The molecule has 2 unspecified atom stereocenters. The summed E-state index contributed by atoms with van der Waals surface area (Å²) < 4.78 is 20.4. The van der Waals surface area contributed by atoms with Crippen molar-refractivity contribution < 1.29 is 16.5 Å². The zero-order valence-corrected chi connectivity index (χ0v) is 24.2. The first kappa shape index (κ1) is 22.1. The number of hydrogen-bond donors (Lipinski definition) is 0. The second kappa shape index (κ2) is 10.0. The van der Waals surface area contributed by atoms with Gasteiger partial charge in [-0.2, -0.15) is 0 Å². The van der Waals surface area contributed by atoms with Crippen molar-refractivity contribution in [2.24, 2.45) is 5.92 Å². The first-order valence-electron chi connectivity index (χ1n) is 10.8. The van der Waals surface area contributed by atoms with Crippen LogP contribution in [-0.2, 0) is 22.9 Å². The van der Waals surface area contributed by atoms with Gasteiger partial charge in [0.2, 0.25) is 0 Å². The molecule has 2 atom stereocenters. The van der Waals surface area contributed by atoms with E-state index in [-0.39, 0.29) is 0 Å². The number of rotatable bonds is 0. The normalized spacial score (nSPS) is 25.2. The fraction of sp³-hybridized carbons (Fsp3) is 0.364. The Hall–Kier alpha value is -1.11. The highest BCUT2D eigenvalue weighted by Crippen LogP contribution is 2.41. The van der Waals surface area contributed by atoms with Gasteiger partial charge in [-0.15, -0.1) is 0 Å². The van der Waals surface area contributed by atoms with E-state index in [1.807, 2.05) is 0 Å². The van der Waals surface area contributed by atoms with Crippen molar-refractivity contribution in [3.63, 3.8) is 0 Å². The van der Waals surface area contributed by atoms with Gasteiger partial charge in [0.25, 0.3) is 40.0 Å². The molecule has 0 radical (unpaired) electrons. The van der Waals surface area contributed by atoms with Crippen molar-refractivity contribution >= 4 is 61.6 Å². The first-order valence-corrected chi connectivity index (χ1v) is 15.4. The Labute approximate surface area is 188 Å². The van der Waals surface area contributed by atoms with E-state index in [0.29, 0.717) is 5.92 Å². The fourth-order valence-corrected chi connectivity index (χ4v) is 12.2. The number of fused-ring (bicyclic) bond motifs is 5. The molecule has 0 N–H and O–H groups in total. The molecule has 0 amide bonds. The molecule has 4 nitrogen and oxygen atoms in total. The Morgan fingerprint density at radius 2 is 1.43 bits per heavy atom. The Kier molecular flexibility index (Phi) is 7.37. The maximum Gasteiger partial charge on any atom is 0.286 e. The topological polar surface area (TPSA) is 36.9 Å². The van der Waals surface area contributed by atoms with Crippen LogP contribution in [0.25, 0.3) is 21.5 Å². The lowest BCUT2D eigenvalue weighted by Gasteiger charge is -2.29. The first-order chi connectivity index (χ1) is 14.6. The predicted molar refractivity (Wildman–Crippen MR) is 135 cm³/mol. The molecule has 160 valence electrons. The molecule has 30 heavy (non-hydrogen) atoms. The standard InChI is InChI=1S/C22H24.H8O4Si4/c1-13-10-15(3)17-8-9-19-18-7-5-6-14(2)20(18)12-16(4)22(19)21(17)11-13;1-5-2-7-4-8-3-6-1/h5-9,12-13,15H,10-11H2,1-4H3;5-8H2. The van der Waals surface area contributed by atoms with Gasteiger partial charge in [0, 0.05) is 0 Å². The lowest BCUT2D eigenvalue weighted by molar-refractivity contribution is 0.347. The smallest absolute Gasteiger partial charge is 0.286 e. The number of hydrogen-bond acceptors (Lipinski definition) is 4. The van der Waals surface area contributed by atoms with Crippen LogP contribution >= 0.6 is 0 Å². The van der Waals surface area contributed by atoms with Gasteiger partial charge in [-0.1, -0.05) is 50.2 Å². The largest absolute Gasteiger partial charge is 0.425 e. The van der Waals surface area contributed by atoms with Gasteiger partial charge in [-0.05, 0) is 82.3 Å². The average molecular weight is 473 g/mol. The van der Waals surface area contributed by atoms with Gasteiger partial charge in [-0.25, -0.2) is 0 Å². The minimum atomic E-state index is -0.653. The Balaban J connectivity index is 0.000000230. The van der Waals surface area contributed by atoms with E-state index < -0.39 is 40.0 Å². The van der Waals surface area contributed by atoms with Gasteiger partial charge in [-0.3, -0.25) is 0 Å². The van der Waals surface area contributed by atoms with Crippen molar-refractivity contribution in [1.82, 2.24) is 0 Å². The van der Waals surface area contributed by atoms with Crippen molar-refractivity contribution in [2.75, 3.05) is 0 Å². The molecule has 3 aromatic carbocycles. The maximum absolute atomic E-state index is 5.10.